The van der Waals surface area contributed by atoms with Crippen molar-refractivity contribution in [3.8, 4) is 0 Å². The van der Waals surface area contributed by atoms with Gasteiger partial charge in [0.05, 0.1) is 6.04 Å². The summed E-state index contributed by atoms with van der Waals surface area (Å²) in [6.07, 6.45) is 0.0600. The van der Waals surface area contributed by atoms with Crippen molar-refractivity contribution < 1.29 is 18.0 Å². The summed E-state index contributed by atoms with van der Waals surface area (Å²) in [4.78, 5) is 18.1. The number of carbonyl (C=O) groups is 1. The predicted octanol–water partition coefficient (Wildman–Crippen LogP) is 1.57. The van der Waals surface area contributed by atoms with Gasteiger partial charge in [0.1, 0.15) is 6.54 Å². The molecule has 0 unspecified atom stereocenters. The number of alkyl halides is 3. The lowest BCUT2D eigenvalue weighted by Gasteiger charge is -2.34. The van der Waals surface area contributed by atoms with Gasteiger partial charge in [0.2, 0.25) is 5.91 Å². The van der Waals surface area contributed by atoms with Gasteiger partial charge < -0.3 is 4.90 Å². The van der Waals surface area contributed by atoms with Crippen LogP contribution in [0.1, 0.15) is 25.7 Å². The molecular formula is C16H24F3N3O. The van der Waals surface area contributed by atoms with E-state index in [1.807, 2.05) is 0 Å². The van der Waals surface area contributed by atoms with Crippen LogP contribution in [-0.4, -0.2) is 78.1 Å². The van der Waals surface area contributed by atoms with E-state index in [-0.39, 0.29) is 18.5 Å². The van der Waals surface area contributed by atoms with Gasteiger partial charge in [-0.05, 0) is 37.6 Å². The molecule has 23 heavy (non-hydrogen) atoms. The average Bonchev–Trinajstić information content (AvgIpc) is 3.11. The highest BCUT2D eigenvalue weighted by atomic mass is 19.4. The van der Waals surface area contributed by atoms with E-state index in [0.717, 1.165) is 24.5 Å². The Hall–Kier alpha value is -0.820. The lowest BCUT2D eigenvalue weighted by Crippen LogP contribution is -2.45. The molecule has 0 radical (unpaired) electrons. The fourth-order valence-electron chi connectivity index (χ4n) is 5.28. The molecule has 0 N–H and O–H groups in total. The summed E-state index contributed by atoms with van der Waals surface area (Å²) in [6, 6.07) is 0.321. The SMILES string of the molecule is O=C1[C@H](N2C[C@@H]3CN4CCCC[C@@H]4[C@@H]3C2)CCN1CC(F)(F)F. The van der Waals surface area contributed by atoms with E-state index in [1.165, 1.54) is 25.8 Å². The molecule has 4 saturated heterocycles. The van der Waals surface area contributed by atoms with Crippen LogP contribution in [-0.2, 0) is 4.79 Å². The first kappa shape index (κ1) is 15.7. The van der Waals surface area contributed by atoms with Gasteiger partial charge in [0.25, 0.3) is 0 Å². The molecule has 0 saturated carbocycles. The van der Waals surface area contributed by atoms with E-state index in [4.69, 9.17) is 0 Å². The Morgan fingerprint density at radius 2 is 1.78 bits per heavy atom. The molecule has 0 spiro atoms. The second-order valence-electron chi connectivity index (χ2n) is 7.62. The lowest BCUT2D eigenvalue weighted by molar-refractivity contribution is -0.159. The molecule has 0 aromatic carbocycles. The number of fused-ring (bicyclic) bond motifs is 3. The van der Waals surface area contributed by atoms with Gasteiger partial charge in [0, 0.05) is 32.2 Å². The molecule has 1 amide bonds. The van der Waals surface area contributed by atoms with Crippen LogP contribution >= 0.6 is 0 Å². The van der Waals surface area contributed by atoms with Gasteiger partial charge in [-0.25, -0.2) is 0 Å². The molecule has 4 aliphatic heterocycles. The van der Waals surface area contributed by atoms with Crippen molar-refractivity contribution in [1.29, 1.82) is 0 Å². The minimum atomic E-state index is -4.30. The molecule has 130 valence electrons. The minimum absolute atomic E-state index is 0.240. The number of hydrogen-bond acceptors (Lipinski definition) is 3. The first-order valence-electron chi connectivity index (χ1n) is 8.76. The maximum atomic E-state index is 12.5. The Morgan fingerprint density at radius 3 is 2.57 bits per heavy atom. The summed E-state index contributed by atoms with van der Waals surface area (Å²) in [6.45, 7) is 3.22. The number of amides is 1. The van der Waals surface area contributed by atoms with Crippen LogP contribution in [0.15, 0.2) is 0 Å². The highest BCUT2D eigenvalue weighted by Crippen LogP contribution is 2.41. The molecular weight excluding hydrogens is 307 g/mol. The van der Waals surface area contributed by atoms with Crippen molar-refractivity contribution in [1.82, 2.24) is 14.7 Å². The number of piperidine rings is 1. The number of nitrogens with zero attached hydrogens (tertiary/aromatic N) is 3. The number of carbonyl (C=O) groups excluding carboxylic acids is 1. The summed E-state index contributed by atoms with van der Waals surface area (Å²) in [7, 11) is 0. The Balaban J connectivity index is 1.39. The van der Waals surface area contributed by atoms with Gasteiger partial charge in [-0.3, -0.25) is 14.6 Å². The van der Waals surface area contributed by atoms with Crippen LogP contribution in [0, 0.1) is 11.8 Å². The summed E-state index contributed by atoms with van der Waals surface area (Å²) in [5.74, 6) is 0.894. The van der Waals surface area contributed by atoms with Crippen LogP contribution in [0.3, 0.4) is 0 Å². The Labute approximate surface area is 134 Å². The highest BCUT2D eigenvalue weighted by Gasteiger charge is 2.51. The summed E-state index contributed by atoms with van der Waals surface area (Å²) in [5.41, 5.74) is 0. The average molecular weight is 331 g/mol. The molecule has 4 heterocycles. The second-order valence-corrected chi connectivity index (χ2v) is 7.62. The normalized spacial score (nSPS) is 39.1. The summed E-state index contributed by atoms with van der Waals surface area (Å²) in [5, 5.41) is 0. The van der Waals surface area contributed by atoms with Crippen molar-refractivity contribution >= 4 is 5.91 Å². The van der Waals surface area contributed by atoms with E-state index in [9.17, 15) is 18.0 Å². The van der Waals surface area contributed by atoms with Crippen molar-refractivity contribution in [2.75, 3.05) is 39.3 Å². The molecule has 4 atom stereocenters. The lowest BCUT2D eigenvalue weighted by atomic mass is 9.90. The fourth-order valence-corrected chi connectivity index (χ4v) is 5.28. The Kier molecular flexibility index (Phi) is 3.83. The maximum absolute atomic E-state index is 12.5. The zero-order chi connectivity index (χ0) is 16.2. The van der Waals surface area contributed by atoms with Crippen LogP contribution in [0.25, 0.3) is 0 Å². The van der Waals surface area contributed by atoms with E-state index in [2.05, 4.69) is 9.80 Å². The third-order valence-electron chi connectivity index (χ3n) is 6.23. The molecule has 0 aromatic rings. The largest absolute Gasteiger partial charge is 0.406 e. The Bertz CT molecular complexity index is 484. The smallest absolute Gasteiger partial charge is 0.332 e. The van der Waals surface area contributed by atoms with Crippen molar-refractivity contribution in [3.63, 3.8) is 0 Å². The van der Waals surface area contributed by atoms with Crippen LogP contribution < -0.4 is 0 Å². The number of rotatable bonds is 2. The quantitative estimate of drug-likeness (QED) is 0.768. The summed E-state index contributed by atoms with van der Waals surface area (Å²) >= 11 is 0. The molecule has 0 aliphatic carbocycles. The standard InChI is InChI=1S/C16H24F3N3O/c17-16(18,19)10-21-6-4-14(15(21)23)22-8-11-7-20-5-2-1-3-13(20)12(11)9-22/h11-14H,1-10H2/t11-,12+,13+,14+/m0/s1. The van der Waals surface area contributed by atoms with Crippen molar-refractivity contribution in [3.05, 3.63) is 0 Å². The van der Waals surface area contributed by atoms with E-state index in [0.29, 0.717) is 24.3 Å². The molecule has 7 heteroatoms. The molecule has 0 aromatic heterocycles. The number of likely N-dealkylation sites (tertiary alicyclic amines) is 2. The molecule has 4 aliphatic rings. The second kappa shape index (κ2) is 5.62. The van der Waals surface area contributed by atoms with Gasteiger partial charge in [0.15, 0.2) is 0 Å². The molecule has 4 fully saturated rings. The monoisotopic (exact) mass is 331 g/mol. The first-order chi connectivity index (χ1) is 10.9. The maximum Gasteiger partial charge on any atom is 0.406 e. The topological polar surface area (TPSA) is 26.8 Å². The molecule has 0 bridgehead atoms. The van der Waals surface area contributed by atoms with E-state index < -0.39 is 12.7 Å². The van der Waals surface area contributed by atoms with Gasteiger partial charge in [-0.1, -0.05) is 6.42 Å². The van der Waals surface area contributed by atoms with Crippen molar-refractivity contribution in [2.45, 2.75) is 43.9 Å². The first-order valence-corrected chi connectivity index (χ1v) is 8.76. The van der Waals surface area contributed by atoms with E-state index in [1.54, 1.807) is 0 Å². The van der Waals surface area contributed by atoms with Gasteiger partial charge in [-0.2, -0.15) is 13.2 Å². The van der Waals surface area contributed by atoms with Crippen LogP contribution in [0.2, 0.25) is 0 Å². The zero-order valence-corrected chi connectivity index (χ0v) is 13.3. The number of hydrogen-bond donors (Lipinski definition) is 0. The van der Waals surface area contributed by atoms with Gasteiger partial charge in [-0.15, -0.1) is 0 Å². The van der Waals surface area contributed by atoms with E-state index >= 15 is 0 Å². The van der Waals surface area contributed by atoms with Crippen LogP contribution in [0.4, 0.5) is 13.2 Å². The summed E-state index contributed by atoms with van der Waals surface area (Å²) < 4.78 is 37.6. The predicted molar refractivity (Wildman–Crippen MR) is 78.8 cm³/mol. The molecule has 4 rings (SSSR count). The fraction of sp³-hybridized carbons (Fsp3) is 0.938. The third kappa shape index (κ3) is 2.86. The number of halogens is 3. The Morgan fingerprint density at radius 1 is 1.00 bits per heavy atom. The minimum Gasteiger partial charge on any atom is -0.332 e. The third-order valence-corrected chi connectivity index (χ3v) is 6.23. The van der Waals surface area contributed by atoms with Crippen molar-refractivity contribution in [2.24, 2.45) is 11.8 Å². The highest BCUT2D eigenvalue weighted by molar-refractivity contribution is 5.84. The molecule has 4 nitrogen and oxygen atoms in total. The van der Waals surface area contributed by atoms with Crippen LogP contribution in [0.5, 0.6) is 0 Å². The van der Waals surface area contributed by atoms with Gasteiger partial charge >= 0.3 is 6.18 Å². The zero-order valence-electron chi connectivity index (χ0n) is 13.3.